The monoisotopic (exact) mass is 280 g/mol. The van der Waals surface area contributed by atoms with E-state index in [0.29, 0.717) is 13.1 Å². The van der Waals surface area contributed by atoms with Gasteiger partial charge in [0, 0.05) is 6.54 Å². The molecule has 1 heterocycles. The Balaban J connectivity index is 1.62. The summed E-state index contributed by atoms with van der Waals surface area (Å²) in [6.07, 6.45) is -1.03. The molecular weight excluding hydrogens is 260 g/mol. The van der Waals surface area contributed by atoms with Crippen molar-refractivity contribution in [3.63, 3.8) is 0 Å². The van der Waals surface area contributed by atoms with E-state index in [2.05, 4.69) is 0 Å². The Bertz CT molecular complexity index is 420. The molecule has 1 aromatic carbocycles. The number of rotatable bonds is 6. The summed E-state index contributed by atoms with van der Waals surface area (Å²) < 4.78 is 10.6. The molecule has 2 rings (SSSR count). The van der Waals surface area contributed by atoms with E-state index >= 15 is 0 Å². The van der Waals surface area contributed by atoms with Gasteiger partial charge in [0.05, 0.1) is 31.9 Å². The Morgan fingerprint density at radius 2 is 2.10 bits per heavy atom. The van der Waals surface area contributed by atoms with E-state index in [1.54, 1.807) is 4.90 Å². The molecule has 0 bridgehead atoms. The van der Waals surface area contributed by atoms with Crippen LogP contribution < -0.4 is 5.73 Å². The maximum absolute atomic E-state index is 11.7. The van der Waals surface area contributed by atoms with Gasteiger partial charge in [0.25, 0.3) is 0 Å². The molecule has 110 valence electrons. The van der Waals surface area contributed by atoms with Gasteiger partial charge in [-0.15, -0.1) is 0 Å². The lowest BCUT2D eigenvalue weighted by Crippen LogP contribution is -2.55. The number of amides is 1. The van der Waals surface area contributed by atoms with Gasteiger partial charge in [0.1, 0.15) is 6.61 Å². The van der Waals surface area contributed by atoms with Gasteiger partial charge < -0.3 is 25.2 Å². The Morgan fingerprint density at radius 1 is 1.40 bits per heavy atom. The van der Waals surface area contributed by atoms with E-state index in [4.69, 9.17) is 15.2 Å². The lowest BCUT2D eigenvalue weighted by Gasteiger charge is -2.38. The van der Waals surface area contributed by atoms with Crippen molar-refractivity contribution in [1.29, 1.82) is 0 Å². The number of hydrogen-bond donors (Lipinski definition) is 2. The minimum atomic E-state index is -0.644. The van der Waals surface area contributed by atoms with E-state index in [9.17, 15) is 9.90 Å². The second-order valence-corrected chi connectivity index (χ2v) is 4.79. The van der Waals surface area contributed by atoms with Crippen molar-refractivity contribution in [2.75, 3.05) is 26.2 Å². The molecule has 0 radical (unpaired) electrons. The molecule has 1 aliphatic heterocycles. The topological polar surface area (TPSA) is 85.0 Å². The predicted molar refractivity (Wildman–Crippen MR) is 73.0 cm³/mol. The van der Waals surface area contributed by atoms with Gasteiger partial charge >= 0.3 is 6.09 Å². The highest BCUT2D eigenvalue weighted by atomic mass is 16.6. The summed E-state index contributed by atoms with van der Waals surface area (Å²) in [4.78, 5) is 13.3. The number of nitrogens with zero attached hydrogens (tertiary/aromatic N) is 1. The molecule has 6 nitrogen and oxygen atoms in total. The van der Waals surface area contributed by atoms with Crippen molar-refractivity contribution < 1.29 is 19.4 Å². The van der Waals surface area contributed by atoms with E-state index in [1.165, 1.54) is 0 Å². The second-order valence-electron chi connectivity index (χ2n) is 4.79. The van der Waals surface area contributed by atoms with Crippen molar-refractivity contribution >= 4 is 6.09 Å². The van der Waals surface area contributed by atoms with E-state index in [0.717, 1.165) is 5.56 Å². The second kappa shape index (κ2) is 7.23. The predicted octanol–water partition coefficient (Wildman–Crippen LogP) is 0.344. The number of hydrogen-bond acceptors (Lipinski definition) is 5. The first kappa shape index (κ1) is 14.8. The normalized spacial score (nSPS) is 16.6. The first-order chi connectivity index (χ1) is 9.69. The Labute approximate surface area is 118 Å². The van der Waals surface area contributed by atoms with Crippen LogP contribution in [0.1, 0.15) is 5.56 Å². The quantitative estimate of drug-likeness (QED) is 0.785. The van der Waals surface area contributed by atoms with Crippen molar-refractivity contribution in [3.05, 3.63) is 35.9 Å². The summed E-state index contributed by atoms with van der Waals surface area (Å²) in [5, 5.41) is 9.26. The average molecular weight is 280 g/mol. The van der Waals surface area contributed by atoms with Crippen molar-refractivity contribution in [3.8, 4) is 0 Å². The lowest BCUT2D eigenvalue weighted by molar-refractivity contribution is -0.0739. The van der Waals surface area contributed by atoms with Gasteiger partial charge in [0.2, 0.25) is 0 Å². The SMILES string of the molecule is NCC(O)COC1CN(C(=O)OCc2ccccc2)C1. The fourth-order valence-electron chi connectivity index (χ4n) is 1.82. The zero-order valence-corrected chi connectivity index (χ0v) is 11.3. The van der Waals surface area contributed by atoms with Crippen molar-refractivity contribution in [2.45, 2.75) is 18.8 Å². The van der Waals surface area contributed by atoms with Crippen LogP contribution in [0.2, 0.25) is 0 Å². The molecule has 0 saturated carbocycles. The van der Waals surface area contributed by atoms with Crippen LogP contribution in [0, 0.1) is 0 Å². The third-order valence-electron chi connectivity index (χ3n) is 3.11. The molecule has 20 heavy (non-hydrogen) atoms. The van der Waals surface area contributed by atoms with Gasteiger partial charge in [-0.1, -0.05) is 30.3 Å². The Morgan fingerprint density at radius 3 is 2.75 bits per heavy atom. The van der Waals surface area contributed by atoms with Crippen LogP contribution in [0.5, 0.6) is 0 Å². The third-order valence-corrected chi connectivity index (χ3v) is 3.11. The highest BCUT2D eigenvalue weighted by Crippen LogP contribution is 2.14. The first-order valence-electron chi connectivity index (χ1n) is 6.64. The highest BCUT2D eigenvalue weighted by Gasteiger charge is 2.32. The number of likely N-dealkylation sites (tertiary alicyclic amines) is 1. The zero-order valence-electron chi connectivity index (χ0n) is 11.3. The summed E-state index contributed by atoms with van der Waals surface area (Å²) in [5.74, 6) is 0. The van der Waals surface area contributed by atoms with Gasteiger partial charge in [-0.05, 0) is 5.56 Å². The number of aliphatic hydroxyl groups excluding tert-OH is 1. The Hall–Kier alpha value is -1.63. The van der Waals surface area contributed by atoms with Gasteiger partial charge in [-0.3, -0.25) is 0 Å². The largest absolute Gasteiger partial charge is 0.445 e. The number of benzene rings is 1. The maximum atomic E-state index is 11.7. The number of carbonyl (C=O) groups is 1. The summed E-state index contributed by atoms with van der Waals surface area (Å²) in [7, 11) is 0. The molecule has 1 unspecified atom stereocenters. The van der Waals surface area contributed by atoms with Crippen LogP contribution in [-0.2, 0) is 16.1 Å². The number of aliphatic hydroxyl groups is 1. The highest BCUT2D eigenvalue weighted by molar-refractivity contribution is 5.68. The molecule has 1 aliphatic rings. The third kappa shape index (κ3) is 4.19. The summed E-state index contributed by atoms with van der Waals surface area (Å²) in [6.45, 7) is 1.63. The van der Waals surface area contributed by atoms with Gasteiger partial charge in [-0.2, -0.15) is 0 Å². The van der Waals surface area contributed by atoms with Crippen LogP contribution in [0.25, 0.3) is 0 Å². The van der Waals surface area contributed by atoms with Crippen LogP contribution in [-0.4, -0.2) is 54.5 Å². The fourth-order valence-corrected chi connectivity index (χ4v) is 1.82. The molecule has 1 amide bonds. The Kier molecular flexibility index (Phi) is 5.34. The smallest absolute Gasteiger partial charge is 0.410 e. The molecule has 1 fully saturated rings. The van der Waals surface area contributed by atoms with Crippen LogP contribution in [0.3, 0.4) is 0 Å². The van der Waals surface area contributed by atoms with Crippen LogP contribution in [0.4, 0.5) is 4.79 Å². The average Bonchev–Trinajstić information content (AvgIpc) is 2.44. The molecule has 0 spiro atoms. The summed E-state index contributed by atoms with van der Waals surface area (Å²) in [5.41, 5.74) is 6.23. The van der Waals surface area contributed by atoms with E-state index < -0.39 is 6.10 Å². The molecular formula is C14H20N2O4. The fraction of sp³-hybridized carbons (Fsp3) is 0.500. The summed E-state index contributed by atoms with van der Waals surface area (Å²) >= 11 is 0. The molecule has 1 saturated heterocycles. The number of carbonyl (C=O) groups excluding carboxylic acids is 1. The molecule has 1 atom stereocenters. The summed E-state index contributed by atoms with van der Waals surface area (Å²) in [6, 6.07) is 9.53. The molecule has 3 N–H and O–H groups in total. The molecule has 0 aromatic heterocycles. The molecule has 6 heteroatoms. The van der Waals surface area contributed by atoms with Crippen molar-refractivity contribution in [2.24, 2.45) is 5.73 Å². The van der Waals surface area contributed by atoms with Gasteiger partial charge in [-0.25, -0.2) is 4.79 Å². The molecule has 1 aromatic rings. The van der Waals surface area contributed by atoms with Crippen molar-refractivity contribution in [1.82, 2.24) is 4.90 Å². The standard InChI is InChI=1S/C14H20N2O4/c15-6-12(17)10-19-13-7-16(8-13)14(18)20-9-11-4-2-1-3-5-11/h1-5,12-13,17H,6-10,15H2. The zero-order chi connectivity index (χ0) is 14.4. The van der Waals surface area contributed by atoms with Crippen LogP contribution in [0.15, 0.2) is 30.3 Å². The number of nitrogens with two attached hydrogens (primary N) is 1. The van der Waals surface area contributed by atoms with Crippen LogP contribution >= 0.6 is 0 Å². The number of ether oxygens (including phenoxy) is 2. The lowest BCUT2D eigenvalue weighted by atomic mass is 10.2. The minimum absolute atomic E-state index is 0.0412. The van der Waals surface area contributed by atoms with Gasteiger partial charge in [0.15, 0.2) is 0 Å². The first-order valence-corrected chi connectivity index (χ1v) is 6.64. The maximum Gasteiger partial charge on any atom is 0.410 e. The van der Waals surface area contributed by atoms with E-state index in [-0.39, 0.29) is 32.0 Å². The molecule has 0 aliphatic carbocycles. The minimum Gasteiger partial charge on any atom is -0.445 e. The van der Waals surface area contributed by atoms with E-state index in [1.807, 2.05) is 30.3 Å².